The molecular weight excluding hydrogens is 278 g/mol. The van der Waals surface area contributed by atoms with E-state index in [4.69, 9.17) is 0 Å². The van der Waals surface area contributed by atoms with Crippen LogP contribution in [0.25, 0.3) is 11.4 Å². The molecule has 0 aliphatic carbocycles. The van der Waals surface area contributed by atoms with Crippen molar-refractivity contribution in [2.24, 2.45) is 0 Å². The third-order valence-electron chi connectivity index (χ3n) is 3.47. The van der Waals surface area contributed by atoms with Crippen LogP contribution in [0, 0.1) is 6.92 Å². The number of aryl methyl sites for hydroxylation is 1. The predicted octanol–water partition coefficient (Wildman–Crippen LogP) is 2.01. The fraction of sp³-hybridized carbons (Fsp3) is 0.188. The maximum atomic E-state index is 11.9. The molecule has 3 aromatic rings. The number of H-pyrrole nitrogens is 1. The molecule has 2 aromatic heterocycles. The summed E-state index contributed by atoms with van der Waals surface area (Å²) >= 11 is 0. The highest BCUT2D eigenvalue weighted by molar-refractivity contribution is 5.93. The van der Waals surface area contributed by atoms with Crippen LogP contribution >= 0.6 is 0 Å². The first kappa shape index (κ1) is 14.1. The Morgan fingerprint density at radius 1 is 1.27 bits per heavy atom. The first-order valence-electron chi connectivity index (χ1n) is 7.10. The van der Waals surface area contributed by atoms with Gasteiger partial charge in [0.25, 0.3) is 5.91 Å². The molecule has 0 saturated heterocycles. The summed E-state index contributed by atoms with van der Waals surface area (Å²) < 4.78 is 2.10. The molecule has 0 radical (unpaired) electrons. The number of amides is 1. The molecule has 1 aromatic carbocycles. The lowest BCUT2D eigenvalue weighted by Gasteiger charge is -2.11. The second-order valence-corrected chi connectivity index (χ2v) is 4.98. The number of hydrogen-bond acceptors (Lipinski definition) is 3. The Labute approximate surface area is 128 Å². The second-order valence-electron chi connectivity index (χ2n) is 4.98. The molecule has 0 atom stereocenters. The average molecular weight is 295 g/mol. The third-order valence-corrected chi connectivity index (χ3v) is 3.47. The highest BCUT2D eigenvalue weighted by Gasteiger charge is 2.10. The van der Waals surface area contributed by atoms with Gasteiger partial charge in [0.2, 0.25) is 0 Å². The van der Waals surface area contributed by atoms with E-state index < -0.39 is 0 Å². The van der Waals surface area contributed by atoms with Gasteiger partial charge in [-0.05, 0) is 6.92 Å². The van der Waals surface area contributed by atoms with Gasteiger partial charge in [0.1, 0.15) is 5.82 Å². The molecule has 6 nitrogen and oxygen atoms in total. The molecule has 0 aliphatic rings. The molecular formula is C16H17N5O. The molecule has 6 heteroatoms. The molecule has 0 saturated carbocycles. The monoisotopic (exact) mass is 295 g/mol. The van der Waals surface area contributed by atoms with Crippen LogP contribution in [0.4, 0.5) is 0 Å². The molecule has 0 spiro atoms. The van der Waals surface area contributed by atoms with Gasteiger partial charge in [0.15, 0.2) is 0 Å². The minimum absolute atomic E-state index is 0.132. The van der Waals surface area contributed by atoms with Gasteiger partial charge in [0.05, 0.1) is 11.8 Å². The van der Waals surface area contributed by atoms with Gasteiger partial charge >= 0.3 is 0 Å². The Balaban J connectivity index is 1.68. The Hall–Kier alpha value is -2.89. The average Bonchev–Trinajstić information content (AvgIpc) is 3.19. The largest absolute Gasteiger partial charge is 0.350 e. The normalized spacial score (nSPS) is 10.6. The Morgan fingerprint density at radius 2 is 2.09 bits per heavy atom. The topological polar surface area (TPSA) is 75.6 Å². The molecule has 0 bridgehead atoms. The summed E-state index contributed by atoms with van der Waals surface area (Å²) in [6.07, 6.45) is 4.93. The van der Waals surface area contributed by atoms with Crippen molar-refractivity contribution in [2.75, 3.05) is 6.54 Å². The van der Waals surface area contributed by atoms with Crippen molar-refractivity contribution in [3.05, 3.63) is 60.2 Å². The Morgan fingerprint density at radius 3 is 2.82 bits per heavy atom. The molecule has 22 heavy (non-hydrogen) atoms. The van der Waals surface area contributed by atoms with Gasteiger partial charge in [-0.2, -0.15) is 5.10 Å². The van der Waals surface area contributed by atoms with Gasteiger partial charge in [0, 0.05) is 36.7 Å². The van der Waals surface area contributed by atoms with Crippen LogP contribution in [-0.4, -0.2) is 32.2 Å². The number of carbonyl (C=O) groups is 1. The number of hydrogen-bond donors (Lipinski definition) is 2. The number of imidazole rings is 1. The zero-order valence-corrected chi connectivity index (χ0v) is 12.3. The predicted molar refractivity (Wildman–Crippen MR) is 83.3 cm³/mol. The summed E-state index contributed by atoms with van der Waals surface area (Å²) in [5, 5.41) is 9.28. The summed E-state index contributed by atoms with van der Waals surface area (Å²) in [4.78, 5) is 16.3. The van der Waals surface area contributed by atoms with Gasteiger partial charge in [-0.15, -0.1) is 0 Å². The van der Waals surface area contributed by atoms with Crippen molar-refractivity contribution >= 4 is 5.91 Å². The van der Waals surface area contributed by atoms with Gasteiger partial charge < -0.3 is 9.88 Å². The molecule has 0 aliphatic heterocycles. The van der Waals surface area contributed by atoms with Crippen molar-refractivity contribution in [3.63, 3.8) is 0 Å². The Kier molecular flexibility index (Phi) is 4.00. The SMILES string of the molecule is Cc1cnc(-c2ccccc2)n1CCNC(=O)c1cn[nH]c1. The van der Waals surface area contributed by atoms with Crippen molar-refractivity contribution in [2.45, 2.75) is 13.5 Å². The van der Waals surface area contributed by atoms with Crippen LogP contribution in [0.1, 0.15) is 16.1 Å². The number of nitrogens with one attached hydrogen (secondary N) is 2. The van der Waals surface area contributed by atoms with Crippen molar-refractivity contribution in [3.8, 4) is 11.4 Å². The minimum Gasteiger partial charge on any atom is -0.350 e. The minimum atomic E-state index is -0.132. The number of carbonyl (C=O) groups excluding carboxylic acids is 1. The van der Waals surface area contributed by atoms with Gasteiger partial charge in [-0.3, -0.25) is 9.89 Å². The van der Waals surface area contributed by atoms with Crippen LogP contribution < -0.4 is 5.32 Å². The van der Waals surface area contributed by atoms with Crippen LogP contribution in [0.15, 0.2) is 48.9 Å². The van der Waals surface area contributed by atoms with E-state index >= 15 is 0 Å². The van der Waals surface area contributed by atoms with Crippen molar-refractivity contribution in [1.29, 1.82) is 0 Å². The highest BCUT2D eigenvalue weighted by Crippen LogP contribution is 2.18. The molecule has 2 heterocycles. The lowest BCUT2D eigenvalue weighted by Crippen LogP contribution is -2.27. The van der Waals surface area contributed by atoms with E-state index in [1.165, 1.54) is 6.20 Å². The number of aromatic amines is 1. The first-order chi connectivity index (χ1) is 10.8. The maximum absolute atomic E-state index is 11.9. The zero-order valence-electron chi connectivity index (χ0n) is 12.3. The van der Waals surface area contributed by atoms with E-state index in [1.54, 1.807) is 6.20 Å². The fourth-order valence-corrected chi connectivity index (χ4v) is 2.32. The third kappa shape index (κ3) is 2.90. The van der Waals surface area contributed by atoms with Crippen molar-refractivity contribution in [1.82, 2.24) is 25.1 Å². The summed E-state index contributed by atoms with van der Waals surface area (Å²) in [5.74, 6) is 0.781. The first-order valence-corrected chi connectivity index (χ1v) is 7.10. The fourth-order valence-electron chi connectivity index (χ4n) is 2.32. The molecule has 112 valence electrons. The number of rotatable bonds is 5. The summed E-state index contributed by atoms with van der Waals surface area (Å²) in [6, 6.07) is 10.0. The molecule has 0 fully saturated rings. The standard InChI is InChI=1S/C16H17N5O/c1-12-9-18-15(13-5-3-2-4-6-13)21(12)8-7-17-16(22)14-10-19-20-11-14/h2-6,9-11H,7-8H2,1H3,(H,17,22)(H,19,20). The lowest BCUT2D eigenvalue weighted by atomic mass is 10.2. The van der Waals surface area contributed by atoms with Gasteiger partial charge in [-0.25, -0.2) is 4.98 Å². The van der Waals surface area contributed by atoms with Gasteiger partial charge in [-0.1, -0.05) is 30.3 Å². The Bertz CT molecular complexity index is 746. The number of nitrogens with zero attached hydrogens (tertiary/aromatic N) is 3. The lowest BCUT2D eigenvalue weighted by molar-refractivity contribution is 0.0952. The second kappa shape index (κ2) is 6.26. The zero-order chi connectivity index (χ0) is 15.4. The summed E-state index contributed by atoms with van der Waals surface area (Å²) in [6.45, 7) is 3.21. The van der Waals surface area contributed by atoms with E-state index in [9.17, 15) is 4.79 Å². The van der Waals surface area contributed by atoms with Crippen LogP contribution in [0.5, 0.6) is 0 Å². The van der Waals surface area contributed by atoms with Crippen LogP contribution in [-0.2, 0) is 6.54 Å². The summed E-state index contributed by atoms with van der Waals surface area (Å²) in [5.41, 5.74) is 2.67. The van der Waals surface area contributed by atoms with Crippen LogP contribution in [0.2, 0.25) is 0 Å². The van der Waals surface area contributed by atoms with E-state index in [-0.39, 0.29) is 5.91 Å². The maximum Gasteiger partial charge on any atom is 0.254 e. The van der Waals surface area contributed by atoms with Crippen LogP contribution in [0.3, 0.4) is 0 Å². The molecule has 2 N–H and O–H groups in total. The van der Waals surface area contributed by atoms with E-state index in [2.05, 4.69) is 25.1 Å². The quantitative estimate of drug-likeness (QED) is 0.756. The molecule has 1 amide bonds. The number of aromatic nitrogens is 4. The highest BCUT2D eigenvalue weighted by atomic mass is 16.1. The molecule has 0 unspecified atom stereocenters. The number of benzene rings is 1. The van der Waals surface area contributed by atoms with Crippen molar-refractivity contribution < 1.29 is 4.79 Å². The molecule has 3 rings (SSSR count). The van der Waals surface area contributed by atoms with E-state index in [1.807, 2.05) is 43.5 Å². The summed E-state index contributed by atoms with van der Waals surface area (Å²) in [7, 11) is 0. The smallest absolute Gasteiger partial charge is 0.254 e. The van der Waals surface area contributed by atoms with E-state index in [0.29, 0.717) is 18.7 Å². The van der Waals surface area contributed by atoms with E-state index in [0.717, 1.165) is 17.1 Å².